The Bertz CT molecular complexity index is 1210. The Morgan fingerprint density at radius 2 is 1.45 bits per heavy atom. The smallest absolute Gasteiger partial charge is 0.338 e. The number of anilines is 1. The van der Waals surface area contributed by atoms with E-state index in [1.807, 2.05) is 11.5 Å². The molecule has 3 aromatic rings. The van der Waals surface area contributed by atoms with Gasteiger partial charge in [-0.3, -0.25) is 9.59 Å². The summed E-state index contributed by atoms with van der Waals surface area (Å²) in [4.78, 5) is 47.8. The van der Waals surface area contributed by atoms with Gasteiger partial charge in [-0.05, 0) is 68.4 Å². The standard InChI is InChI=1S/C25H24N2O6/c1-15-13-22(16(2)27(15)21-11-7-18(8-12-21)24(30)32-4)23(29)14-33-25(31)19-5-9-20(10-6-19)26-17(3)28/h5-13H,14H2,1-4H3,(H,26,28). The number of rotatable bonds is 7. The fourth-order valence-electron chi connectivity index (χ4n) is 3.49. The number of nitrogens with one attached hydrogen (secondary N) is 1. The molecule has 0 aliphatic rings. The molecule has 0 radical (unpaired) electrons. The Morgan fingerprint density at radius 1 is 0.879 bits per heavy atom. The normalized spacial score (nSPS) is 10.4. The van der Waals surface area contributed by atoms with Crippen molar-refractivity contribution in [2.75, 3.05) is 19.0 Å². The lowest BCUT2D eigenvalue weighted by molar-refractivity contribution is -0.114. The van der Waals surface area contributed by atoms with Crippen LogP contribution in [0, 0.1) is 13.8 Å². The first-order valence-corrected chi connectivity index (χ1v) is 10.2. The molecule has 1 aromatic heterocycles. The predicted molar refractivity (Wildman–Crippen MR) is 122 cm³/mol. The molecule has 8 nitrogen and oxygen atoms in total. The lowest BCUT2D eigenvalue weighted by Gasteiger charge is -2.11. The van der Waals surface area contributed by atoms with Crippen molar-refractivity contribution in [2.45, 2.75) is 20.8 Å². The van der Waals surface area contributed by atoms with Gasteiger partial charge in [-0.1, -0.05) is 0 Å². The molecule has 1 heterocycles. The van der Waals surface area contributed by atoms with Crippen LogP contribution in [0.3, 0.4) is 0 Å². The molecule has 1 N–H and O–H groups in total. The first-order chi connectivity index (χ1) is 15.7. The van der Waals surface area contributed by atoms with E-state index in [1.54, 1.807) is 49.4 Å². The molecule has 3 rings (SSSR count). The molecule has 0 saturated heterocycles. The Balaban J connectivity index is 1.70. The maximum Gasteiger partial charge on any atom is 0.338 e. The van der Waals surface area contributed by atoms with Crippen LogP contribution in [-0.4, -0.2) is 41.9 Å². The fourth-order valence-corrected chi connectivity index (χ4v) is 3.49. The minimum atomic E-state index is -0.634. The molecule has 8 heteroatoms. The number of Topliss-reactive ketones (excluding diaryl/α,β-unsaturated/α-hetero) is 1. The number of aromatic nitrogens is 1. The lowest BCUT2D eigenvalue weighted by Crippen LogP contribution is -2.15. The maximum atomic E-state index is 12.8. The molecule has 1 amide bonds. The highest BCUT2D eigenvalue weighted by Crippen LogP contribution is 2.22. The molecule has 170 valence electrons. The quantitative estimate of drug-likeness (QED) is 0.435. The van der Waals surface area contributed by atoms with Crippen LogP contribution in [0.15, 0.2) is 54.6 Å². The second-order valence-electron chi connectivity index (χ2n) is 7.42. The number of hydrogen-bond donors (Lipinski definition) is 1. The van der Waals surface area contributed by atoms with Crippen molar-refractivity contribution in [3.05, 3.63) is 82.7 Å². The Labute approximate surface area is 191 Å². The largest absolute Gasteiger partial charge is 0.465 e. The van der Waals surface area contributed by atoms with Crippen molar-refractivity contribution in [1.82, 2.24) is 4.57 Å². The van der Waals surface area contributed by atoms with E-state index in [-0.39, 0.29) is 17.3 Å². The summed E-state index contributed by atoms with van der Waals surface area (Å²) < 4.78 is 11.8. The first-order valence-electron chi connectivity index (χ1n) is 10.2. The van der Waals surface area contributed by atoms with Gasteiger partial charge in [0.05, 0.1) is 18.2 Å². The molecule has 0 saturated carbocycles. The summed E-state index contributed by atoms with van der Waals surface area (Å²) in [5, 5.41) is 2.61. The summed E-state index contributed by atoms with van der Waals surface area (Å²) in [6.45, 7) is 4.65. The van der Waals surface area contributed by atoms with Crippen LogP contribution >= 0.6 is 0 Å². The number of carbonyl (C=O) groups excluding carboxylic acids is 4. The number of carbonyl (C=O) groups is 4. The lowest BCUT2D eigenvalue weighted by atomic mass is 10.1. The zero-order valence-electron chi connectivity index (χ0n) is 18.8. The molecule has 0 unspecified atom stereocenters. The molecular weight excluding hydrogens is 424 g/mol. The average Bonchev–Trinajstić information content (AvgIpc) is 3.10. The molecule has 2 aromatic carbocycles. The predicted octanol–water partition coefficient (Wildman–Crippen LogP) is 3.88. The number of aryl methyl sites for hydroxylation is 1. The van der Waals surface area contributed by atoms with Gasteiger partial charge in [0.15, 0.2) is 6.61 Å². The van der Waals surface area contributed by atoms with Crippen LogP contribution in [0.5, 0.6) is 0 Å². The summed E-state index contributed by atoms with van der Waals surface area (Å²) in [6.07, 6.45) is 0. The van der Waals surface area contributed by atoms with Crippen LogP contribution in [0.25, 0.3) is 5.69 Å². The van der Waals surface area contributed by atoms with Crippen molar-refractivity contribution in [1.29, 1.82) is 0 Å². The van der Waals surface area contributed by atoms with Crippen molar-refractivity contribution in [3.63, 3.8) is 0 Å². The van der Waals surface area contributed by atoms with Crippen LogP contribution in [0.1, 0.15) is 49.4 Å². The number of nitrogens with zero attached hydrogens (tertiary/aromatic N) is 1. The third-order valence-corrected chi connectivity index (χ3v) is 5.05. The molecule has 0 fully saturated rings. The summed E-state index contributed by atoms with van der Waals surface area (Å²) in [5.74, 6) is -1.61. The van der Waals surface area contributed by atoms with Gasteiger partial charge >= 0.3 is 11.9 Å². The third kappa shape index (κ3) is 5.35. The summed E-state index contributed by atoms with van der Waals surface area (Å²) >= 11 is 0. The number of benzene rings is 2. The number of methoxy groups -OCH3 is 1. The van der Waals surface area contributed by atoms with Gasteiger partial charge in [0.1, 0.15) is 0 Å². The van der Waals surface area contributed by atoms with Crippen LogP contribution in [0.2, 0.25) is 0 Å². The van der Waals surface area contributed by atoms with E-state index in [9.17, 15) is 19.2 Å². The second kappa shape index (κ2) is 9.95. The number of amides is 1. The average molecular weight is 448 g/mol. The van der Waals surface area contributed by atoms with Crippen molar-refractivity contribution >= 4 is 29.3 Å². The zero-order valence-corrected chi connectivity index (χ0v) is 18.8. The molecule has 33 heavy (non-hydrogen) atoms. The summed E-state index contributed by atoms with van der Waals surface area (Å²) in [5.41, 5.74) is 4.00. The van der Waals surface area contributed by atoms with E-state index in [0.29, 0.717) is 22.5 Å². The second-order valence-corrected chi connectivity index (χ2v) is 7.42. The van der Waals surface area contributed by atoms with Gasteiger partial charge in [0.2, 0.25) is 11.7 Å². The molecular formula is C25H24N2O6. The Kier molecular flexibility index (Phi) is 7.07. The van der Waals surface area contributed by atoms with Gasteiger partial charge in [-0.15, -0.1) is 0 Å². The van der Waals surface area contributed by atoms with E-state index in [2.05, 4.69) is 5.32 Å². The molecule has 0 spiro atoms. The Morgan fingerprint density at radius 3 is 2.03 bits per heavy atom. The van der Waals surface area contributed by atoms with Gasteiger partial charge in [-0.25, -0.2) is 9.59 Å². The highest BCUT2D eigenvalue weighted by molar-refractivity contribution is 6.00. The molecule has 0 aliphatic heterocycles. The van der Waals surface area contributed by atoms with Crippen molar-refractivity contribution in [3.8, 4) is 5.69 Å². The van der Waals surface area contributed by atoms with Gasteiger partial charge in [-0.2, -0.15) is 0 Å². The fraction of sp³-hybridized carbons (Fsp3) is 0.200. The Hall–Kier alpha value is -4.20. The van der Waals surface area contributed by atoms with E-state index in [1.165, 1.54) is 26.2 Å². The van der Waals surface area contributed by atoms with Crippen molar-refractivity contribution in [2.24, 2.45) is 0 Å². The van der Waals surface area contributed by atoms with Gasteiger partial charge < -0.3 is 19.4 Å². The molecule has 0 bridgehead atoms. The van der Waals surface area contributed by atoms with Gasteiger partial charge in [0.25, 0.3) is 0 Å². The first kappa shape index (κ1) is 23.5. The number of ketones is 1. The van der Waals surface area contributed by atoms with E-state index >= 15 is 0 Å². The van der Waals surface area contributed by atoms with Crippen LogP contribution < -0.4 is 5.32 Å². The van der Waals surface area contributed by atoms with Gasteiger partial charge in [0, 0.05) is 35.2 Å². The summed E-state index contributed by atoms with van der Waals surface area (Å²) in [6, 6.07) is 14.8. The topological polar surface area (TPSA) is 104 Å². The minimum Gasteiger partial charge on any atom is -0.465 e. The maximum absolute atomic E-state index is 12.8. The molecule has 0 aliphatic carbocycles. The number of hydrogen-bond acceptors (Lipinski definition) is 6. The third-order valence-electron chi connectivity index (χ3n) is 5.05. The van der Waals surface area contributed by atoms with Crippen molar-refractivity contribution < 1.29 is 28.7 Å². The number of ether oxygens (including phenoxy) is 2. The van der Waals surface area contributed by atoms with E-state index in [4.69, 9.17) is 9.47 Å². The monoisotopic (exact) mass is 448 g/mol. The SMILES string of the molecule is COC(=O)c1ccc(-n2c(C)cc(C(=O)COC(=O)c3ccc(NC(C)=O)cc3)c2C)cc1. The summed E-state index contributed by atoms with van der Waals surface area (Å²) in [7, 11) is 1.32. The highest BCUT2D eigenvalue weighted by atomic mass is 16.5. The zero-order chi connectivity index (χ0) is 24.1. The van der Waals surface area contributed by atoms with E-state index < -0.39 is 18.5 Å². The molecule has 0 atom stereocenters. The van der Waals surface area contributed by atoms with E-state index in [0.717, 1.165) is 11.4 Å². The van der Waals surface area contributed by atoms with Crippen LogP contribution in [0.4, 0.5) is 5.69 Å². The number of esters is 2. The highest BCUT2D eigenvalue weighted by Gasteiger charge is 2.19. The minimum absolute atomic E-state index is 0.215. The van der Waals surface area contributed by atoms with Crippen LogP contribution in [-0.2, 0) is 14.3 Å².